The van der Waals surface area contributed by atoms with Crippen LogP contribution >= 0.6 is 11.6 Å². The molecule has 1 amide bonds. The molecular weight excluding hydrogens is 395 g/mol. The molecule has 0 saturated carbocycles. The van der Waals surface area contributed by atoms with Crippen LogP contribution in [0.4, 0.5) is 14.9 Å². The Bertz CT molecular complexity index is 719. The molecule has 2 fully saturated rings. The van der Waals surface area contributed by atoms with Crippen LogP contribution in [0.2, 0.25) is 5.15 Å². The Morgan fingerprint density at radius 3 is 2.59 bits per heavy atom. The Hall–Kier alpha value is -1.60. The Morgan fingerprint density at radius 1 is 1.28 bits per heavy atom. The van der Waals surface area contributed by atoms with Crippen molar-refractivity contribution in [1.82, 2.24) is 14.8 Å². The number of piperidine rings is 1. The first-order chi connectivity index (χ1) is 13.6. The lowest BCUT2D eigenvalue weighted by molar-refractivity contribution is 0.00460. The summed E-state index contributed by atoms with van der Waals surface area (Å²) in [4.78, 5) is 22.9. The first-order valence-corrected chi connectivity index (χ1v) is 10.8. The molecule has 0 spiro atoms. The van der Waals surface area contributed by atoms with Crippen LogP contribution in [-0.2, 0) is 11.3 Å². The number of ether oxygens (including phenoxy) is 1. The average Bonchev–Trinajstić information content (AvgIpc) is 2.64. The predicted molar refractivity (Wildman–Crippen MR) is 113 cm³/mol. The molecule has 0 aromatic carbocycles. The molecule has 1 atom stereocenters. The van der Waals surface area contributed by atoms with E-state index in [4.69, 9.17) is 16.3 Å². The molecule has 1 unspecified atom stereocenters. The number of piperazine rings is 1. The van der Waals surface area contributed by atoms with Crippen LogP contribution in [0.5, 0.6) is 0 Å². The molecule has 3 rings (SSSR count). The zero-order valence-electron chi connectivity index (χ0n) is 17.8. The van der Waals surface area contributed by atoms with E-state index >= 15 is 0 Å². The number of anilines is 1. The third-order valence-corrected chi connectivity index (χ3v) is 5.74. The summed E-state index contributed by atoms with van der Waals surface area (Å²) in [6, 6.07) is 2.28. The van der Waals surface area contributed by atoms with Crippen molar-refractivity contribution in [2.45, 2.75) is 64.9 Å². The lowest BCUT2D eigenvalue weighted by Gasteiger charge is -2.40. The summed E-state index contributed by atoms with van der Waals surface area (Å²) < 4.78 is 19.0. The molecule has 2 aliphatic rings. The standard InChI is InChI=1S/C21H32ClFN4O2/c1-15-13-27(20(28)29-21(2,3)4)10-9-26(15)14-16-11-18(19(22)24-12-16)25-7-5-17(23)6-8-25/h11-12,15,17H,5-10,13-14H2,1-4H3. The molecule has 0 N–H and O–H groups in total. The quantitative estimate of drug-likeness (QED) is 0.680. The van der Waals surface area contributed by atoms with E-state index in [1.54, 1.807) is 11.1 Å². The normalized spacial score (nSPS) is 22.1. The molecule has 8 heteroatoms. The van der Waals surface area contributed by atoms with Crippen molar-refractivity contribution in [2.75, 3.05) is 37.6 Å². The van der Waals surface area contributed by atoms with Crippen LogP contribution in [0.25, 0.3) is 0 Å². The third-order valence-electron chi connectivity index (χ3n) is 5.44. The van der Waals surface area contributed by atoms with Crippen molar-refractivity contribution < 1.29 is 13.9 Å². The SMILES string of the molecule is CC1CN(C(=O)OC(C)(C)C)CCN1Cc1cnc(Cl)c(N2CCC(F)CC2)c1. The maximum absolute atomic E-state index is 13.5. The lowest BCUT2D eigenvalue weighted by Crippen LogP contribution is -2.54. The van der Waals surface area contributed by atoms with E-state index in [0.29, 0.717) is 44.2 Å². The second-order valence-corrected chi connectivity index (χ2v) is 9.42. The molecule has 1 aromatic heterocycles. The van der Waals surface area contributed by atoms with Gasteiger partial charge in [-0.25, -0.2) is 14.2 Å². The fourth-order valence-electron chi connectivity index (χ4n) is 3.83. The van der Waals surface area contributed by atoms with Gasteiger partial charge in [-0.05, 0) is 52.2 Å². The Morgan fingerprint density at radius 2 is 1.97 bits per heavy atom. The number of rotatable bonds is 3. The third kappa shape index (κ3) is 5.95. The maximum atomic E-state index is 13.5. The minimum absolute atomic E-state index is 0.206. The van der Waals surface area contributed by atoms with Gasteiger partial charge >= 0.3 is 6.09 Å². The molecule has 29 heavy (non-hydrogen) atoms. The fourth-order valence-corrected chi connectivity index (χ4v) is 4.06. The molecule has 3 heterocycles. The van der Waals surface area contributed by atoms with E-state index in [-0.39, 0.29) is 12.1 Å². The van der Waals surface area contributed by atoms with Gasteiger partial charge in [-0.15, -0.1) is 0 Å². The highest BCUT2D eigenvalue weighted by Gasteiger charge is 2.30. The Kier molecular flexibility index (Phi) is 6.89. The number of alkyl halides is 1. The highest BCUT2D eigenvalue weighted by Crippen LogP contribution is 2.29. The number of amides is 1. The summed E-state index contributed by atoms with van der Waals surface area (Å²) in [5, 5.41) is 0.467. The molecular formula is C21H32ClFN4O2. The second kappa shape index (κ2) is 9.04. The van der Waals surface area contributed by atoms with Crippen LogP contribution < -0.4 is 4.90 Å². The van der Waals surface area contributed by atoms with Gasteiger partial charge in [-0.3, -0.25) is 4.90 Å². The van der Waals surface area contributed by atoms with Gasteiger partial charge in [0.1, 0.15) is 11.8 Å². The minimum Gasteiger partial charge on any atom is -0.444 e. The molecule has 0 aliphatic carbocycles. The van der Waals surface area contributed by atoms with Gasteiger partial charge in [0.2, 0.25) is 0 Å². The van der Waals surface area contributed by atoms with Gasteiger partial charge < -0.3 is 14.5 Å². The topological polar surface area (TPSA) is 48.9 Å². The fraction of sp³-hybridized carbons (Fsp3) is 0.714. The van der Waals surface area contributed by atoms with Gasteiger partial charge in [0.25, 0.3) is 0 Å². The van der Waals surface area contributed by atoms with E-state index < -0.39 is 11.8 Å². The summed E-state index contributed by atoms with van der Waals surface area (Å²) in [6.07, 6.45) is 1.90. The number of carbonyl (C=O) groups is 1. The van der Waals surface area contributed by atoms with Crippen LogP contribution in [0.1, 0.15) is 46.1 Å². The molecule has 162 valence electrons. The van der Waals surface area contributed by atoms with E-state index in [1.165, 1.54) is 0 Å². The lowest BCUT2D eigenvalue weighted by atomic mass is 10.1. The van der Waals surface area contributed by atoms with Crippen molar-refractivity contribution in [3.8, 4) is 0 Å². The summed E-state index contributed by atoms with van der Waals surface area (Å²) in [6.45, 7) is 11.9. The number of nitrogens with zero attached hydrogens (tertiary/aromatic N) is 4. The van der Waals surface area contributed by atoms with E-state index in [1.807, 2.05) is 20.8 Å². The number of hydrogen-bond acceptors (Lipinski definition) is 5. The number of halogens is 2. The number of pyridine rings is 1. The van der Waals surface area contributed by atoms with E-state index in [2.05, 4.69) is 27.8 Å². The summed E-state index contributed by atoms with van der Waals surface area (Å²) in [7, 11) is 0. The monoisotopic (exact) mass is 426 g/mol. The minimum atomic E-state index is -0.719. The van der Waals surface area contributed by atoms with Crippen LogP contribution in [0, 0.1) is 0 Å². The average molecular weight is 427 g/mol. The van der Waals surface area contributed by atoms with Crippen molar-refractivity contribution in [2.24, 2.45) is 0 Å². The van der Waals surface area contributed by atoms with Crippen molar-refractivity contribution in [1.29, 1.82) is 0 Å². The molecule has 2 aliphatic heterocycles. The van der Waals surface area contributed by atoms with Crippen LogP contribution in [0.3, 0.4) is 0 Å². The zero-order chi connectivity index (χ0) is 21.2. The molecule has 1 aromatic rings. The highest BCUT2D eigenvalue weighted by atomic mass is 35.5. The molecule has 2 saturated heterocycles. The number of hydrogen-bond donors (Lipinski definition) is 0. The first-order valence-electron chi connectivity index (χ1n) is 10.4. The summed E-state index contributed by atoms with van der Waals surface area (Å²) >= 11 is 6.33. The number of aromatic nitrogens is 1. The first kappa shape index (κ1) is 22.1. The summed E-state index contributed by atoms with van der Waals surface area (Å²) in [5.41, 5.74) is 1.47. The van der Waals surface area contributed by atoms with Crippen molar-refractivity contribution >= 4 is 23.4 Å². The van der Waals surface area contributed by atoms with Gasteiger partial charge in [0.15, 0.2) is 5.15 Å². The van der Waals surface area contributed by atoms with Crippen molar-refractivity contribution in [3.63, 3.8) is 0 Å². The molecule has 0 bridgehead atoms. The maximum Gasteiger partial charge on any atom is 0.410 e. The number of carbonyl (C=O) groups excluding carboxylic acids is 1. The smallest absolute Gasteiger partial charge is 0.410 e. The molecule has 6 nitrogen and oxygen atoms in total. The Balaban J connectivity index is 1.61. The zero-order valence-corrected chi connectivity index (χ0v) is 18.6. The van der Waals surface area contributed by atoms with Gasteiger partial charge in [0.05, 0.1) is 5.69 Å². The van der Waals surface area contributed by atoms with Gasteiger partial charge in [0, 0.05) is 51.5 Å². The van der Waals surface area contributed by atoms with Gasteiger partial charge in [-0.2, -0.15) is 0 Å². The molecule has 0 radical (unpaired) electrons. The second-order valence-electron chi connectivity index (χ2n) is 9.06. The van der Waals surface area contributed by atoms with Crippen LogP contribution in [-0.4, -0.2) is 71.4 Å². The Labute approximate surface area is 178 Å². The summed E-state index contributed by atoms with van der Waals surface area (Å²) in [5.74, 6) is 0. The van der Waals surface area contributed by atoms with Crippen LogP contribution in [0.15, 0.2) is 12.3 Å². The largest absolute Gasteiger partial charge is 0.444 e. The predicted octanol–water partition coefficient (Wildman–Crippen LogP) is 4.11. The van der Waals surface area contributed by atoms with Crippen molar-refractivity contribution in [3.05, 3.63) is 23.0 Å². The van der Waals surface area contributed by atoms with E-state index in [0.717, 1.165) is 24.3 Å². The highest BCUT2D eigenvalue weighted by molar-refractivity contribution is 6.32. The van der Waals surface area contributed by atoms with E-state index in [9.17, 15) is 9.18 Å². The van der Waals surface area contributed by atoms with Gasteiger partial charge in [-0.1, -0.05) is 11.6 Å².